The Hall–Kier alpha value is -2.27. The van der Waals surface area contributed by atoms with Crippen molar-refractivity contribution in [2.24, 2.45) is 5.41 Å². The van der Waals surface area contributed by atoms with Crippen LogP contribution in [0.5, 0.6) is 5.75 Å². The van der Waals surface area contributed by atoms with Crippen LogP contribution >= 0.6 is 0 Å². The maximum Gasteiger partial charge on any atom is 0.139 e. The van der Waals surface area contributed by atoms with Crippen molar-refractivity contribution in [3.8, 4) is 16.9 Å². The summed E-state index contributed by atoms with van der Waals surface area (Å²) in [5, 5.41) is 17.7. The first kappa shape index (κ1) is 19.1. The summed E-state index contributed by atoms with van der Waals surface area (Å²) < 4.78 is 16.1. The molecule has 28 heavy (non-hydrogen) atoms. The van der Waals surface area contributed by atoms with E-state index in [-0.39, 0.29) is 11.2 Å². The standard InChI is InChI=1S/C23H30FN3O/c1-22(2,3)21(24)18-15(14-6-4-5-7-16(14)25)12-17(28)20-19(18)23(13-27-20)8-10-26-11-9-23/h4-7,12,21,26-28H,8-11,13,25H2,1-3H3. The van der Waals surface area contributed by atoms with E-state index in [0.29, 0.717) is 22.5 Å². The maximum atomic E-state index is 16.1. The molecule has 2 aromatic carbocycles. The van der Waals surface area contributed by atoms with Gasteiger partial charge in [-0.1, -0.05) is 39.0 Å². The molecule has 0 bridgehead atoms. The van der Waals surface area contributed by atoms with Crippen LogP contribution in [0.15, 0.2) is 30.3 Å². The third-order valence-electron chi connectivity index (χ3n) is 6.31. The van der Waals surface area contributed by atoms with Gasteiger partial charge < -0.3 is 21.5 Å². The van der Waals surface area contributed by atoms with Crippen molar-refractivity contribution in [1.82, 2.24) is 5.32 Å². The smallest absolute Gasteiger partial charge is 0.139 e. The third kappa shape index (κ3) is 2.93. The normalized spacial score (nSPS) is 19.3. The van der Waals surface area contributed by atoms with Crippen molar-refractivity contribution in [3.05, 3.63) is 41.5 Å². The molecule has 0 aliphatic carbocycles. The predicted octanol–water partition coefficient (Wildman–Crippen LogP) is 4.74. The lowest BCUT2D eigenvalue weighted by molar-refractivity contribution is 0.162. The molecule has 1 atom stereocenters. The molecule has 150 valence electrons. The Morgan fingerprint density at radius 2 is 1.82 bits per heavy atom. The van der Waals surface area contributed by atoms with Crippen LogP contribution in [0.4, 0.5) is 15.8 Å². The molecular weight excluding hydrogens is 353 g/mol. The zero-order chi connectivity index (χ0) is 20.1. The van der Waals surface area contributed by atoms with Crippen LogP contribution in [0.1, 0.15) is 50.9 Å². The van der Waals surface area contributed by atoms with Crippen molar-refractivity contribution in [1.29, 1.82) is 0 Å². The number of alkyl halides is 1. The molecule has 5 heteroatoms. The number of piperidine rings is 1. The molecule has 1 saturated heterocycles. The monoisotopic (exact) mass is 383 g/mol. The van der Waals surface area contributed by atoms with Gasteiger partial charge in [-0.3, -0.25) is 0 Å². The lowest BCUT2D eigenvalue weighted by Crippen LogP contribution is -2.42. The van der Waals surface area contributed by atoms with Crippen molar-refractivity contribution >= 4 is 11.4 Å². The zero-order valence-electron chi connectivity index (χ0n) is 16.9. The summed E-state index contributed by atoms with van der Waals surface area (Å²) in [6.45, 7) is 8.29. The molecule has 1 spiro atoms. The first-order valence-electron chi connectivity index (χ1n) is 10.1. The van der Waals surface area contributed by atoms with E-state index < -0.39 is 11.6 Å². The highest BCUT2D eigenvalue weighted by Gasteiger charge is 2.46. The third-order valence-corrected chi connectivity index (χ3v) is 6.31. The summed E-state index contributed by atoms with van der Waals surface area (Å²) >= 11 is 0. The lowest BCUT2D eigenvalue weighted by atomic mass is 9.69. The highest BCUT2D eigenvalue weighted by molar-refractivity contribution is 5.86. The molecule has 0 amide bonds. The minimum atomic E-state index is -1.18. The van der Waals surface area contributed by atoms with Gasteiger partial charge in [-0.25, -0.2) is 4.39 Å². The molecule has 2 aromatic rings. The summed E-state index contributed by atoms with van der Waals surface area (Å²) in [5.74, 6) is 0.175. The van der Waals surface area contributed by atoms with Gasteiger partial charge in [-0.15, -0.1) is 0 Å². The molecule has 0 aromatic heterocycles. The van der Waals surface area contributed by atoms with Gasteiger partial charge in [0.25, 0.3) is 0 Å². The number of nitrogen functional groups attached to an aromatic ring is 1. The second kappa shape index (κ2) is 6.66. The van der Waals surface area contributed by atoms with Gasteiger partial charge in [0.15, 0.2) is 0 Å². The first-order chi connectivity index (χ1) is 13.2. The van der Waals surface area contributed by atoms with E-state index in [4.69, 9.17) is 5.73 Å². The van der Waals surface area contributed by atoms with Crippen LogP contribution in [-0.4, -0.2) is 24.7 Å². The van der Waals surface area contributed by atoms with Gasteiger partial charge in [0.05, 0.1) is 5.69 Å². The quantitative estimate of drug-likeness (QED) is 0.446. The summed E-state index contributed by atoms with van der Waals surface area (Å²) in [4.78, 5) is 0. The molecule has 4 rings (SSSR count). The SMILES string of the molecule is CC(C)(C)C(F)c1c(-c2ccccc2N)cc(O)c2c1C1(CCNCC1)CN2. The topological polar surface area (TPSA) is 70.3 Å². The molecule has 4 nitrogen and oxygen atoms in total. The molecule has 2 aliphatic rings. The minimum Gasteiger partial charge on any atom is -0.506 e. The largest absolute Gasteiger partial charge is 0.506 e. The number of nitrogens with two attached hydrogens (primary N) is 1. The maximum absolute atomic E-state index is 16.1. The average Bonchev–Trinajstić information content (AvgIpc) is 3.01. The molecule has 2 aliphatic heterocycles. The molecule has 1 unspecified atom stereocenters. The number of hydrogen-bond donors (Lipinski definition) is 4. The Labute approximate surface area is 166 Å². The number of nitrogens with one attached hydrogen (secondary N) is 2. The van der Waals surface area contributed by atoms with Gasteiger partial charge >= 0.3 is 0 Å². The lowest BCUT2D eigenvalue weighted by Gasteiger charge is -2.38. The number of halogens is 1. The van der Waals surface area contributed by atoms with Crippen LogP contribution < -0.4 is 16.4 Å². The first-order valence-corrected chi connectivity index (χ1v) is 10.1. The Balaban J connectivity index is 2.05. The highest BCUT2D eigenvalue weighted by Crippen LogP contribution is 2.55. The van der Waals surface area contributed by atoms with E-state index in [1.807, 2.05) is 45.0 Å². The number of hydrogen-bond acceptors (Lipinski definition) is 4. The molecule has 0 saturated carbocycles. The van der Waals surface area contributed by atoms with Crippen LogP contribution in [0.2, 0.25) is 0 Å². The second-order valence-corrected chi connectivity index (χ2v) is 9.31. The average molecular weight is 384 g/mol. The van der Waals surface area contributed by atoms with Gasteiger partial charge in [0, 0.05) is 28.8 Å². The van der Waals surface area contributed by atoms with Crippen molar-refractivity contribution in [2.75, 3.05) is 30.7 Å². The molecule has 2 heterocycles. The van der Waals surface area contributed by atoms with Gasteiger partial charge in [-0.05, 0) is 54.6 Å². The summed E-state index contributed by atoms with van der Waals surface area (Å²) in [6.07, 6.45) is 0.664. The molecule has 1 fully saturated rings. The summed E-state index contributed by atoms with van der Waals surface area (Å²) in [5.41, 5.74) is 9.94. The van der Waals surface area contributed by atoms with Crippen LogP contribution in [0.3, 0.4) is 0 Å². The van der Waals surface area contributed by atoms with E-state index >= 15 is 4.39 Å². The van der Waals surface area contributed by atoms with Crippen LogP contribution in [0.25, 0.3) is 11.1 Å². The highest BCUT2D eigenvalue weighted by atomic mass is 19.1. The van der Waals surface area contributed by atoms with E-state index in [0.717, 1.165) is 43.6 Å². The predicted molar refractivity (Wildman–Crippen MR) is 114 cm³/mol. The number of rotatable bonds is 2. The Morgan fingerprint density at radius 1 is 1.14 bits per heavy atom. The van der Waals surface area contributed by atoms with E-state index in [2.05, 4.69) is 10.6 Å². The minimum absolute atomic E-state index is 0.164. The fraction of sp³-hybridized carbons (Fsp3) is 0.478. The summed E-state index contributed by atoms with van der Waals surface area (Å²) in [6, 6.07) is 9.20. The number of phenols is 1. The zero-order valence-corrected chi connectivity index (χ0v) is 16.9. The van der Waals surface area contributed by atoms with Crippen molar-refractivity contribution < 1.29 is 9.50 Å². The number of para-hydroxylation sites is 1. The number of fused-ring (bicyclic) bond motifs is 2. The van der Waals surface area contributed by atoms with E-state index in [1.54, 1.807) is 6.07 Å². The number of anilines is 2. The van der Waals surface area contributed by atoms with Crippen LogP contribution in [0, 0.1) is 5.41 Å². The summed E-state index contributed by atoms with van der Waals surface area (Å²) in [7, 11) is 0. The van der Waals surface area contributed by atoms with E-state index in [9.17, 15) is 5.11 Å². The molecule has 0 radical (unpaired) electrons. The Bertz CT molecular complexity index is 897. The van der Waals surface area contributed by atoms with Gasteiger partial charge in [-0.2, -0.15) is 0 Å². The fourth-order valence-corrected chi connectivity index (χ4v) is 4.75. The Morgan fingerprint density at radius 3 is 2.46 bits per heavy atom. The second-order valence-electron chi connectivity index (χ2n) is 9.31. The van der Waals surface area contributed by atoms with Gasteiger partial charge in [0.1, 0.15) is 11.9 Å². The van der Waals surface area contributed by atoms with Crippen molar-refractivity contribution in [3.63, 3.8) is 0 Å². The number of aromatic hydroxyl groups is 1. The number of benzene rings is 2. The molecular formula is C23H30FN3O. The number of phenolic OH excluding ortho intramolecular Hbond substituents is 1. The van der Waals surface area contributed by atoms with Crippen molar-refractivity contribution in [2.45, 2.75) is 45.2 Å². The molecule has 5 N–H and O–H groups in total. The van der Waals surface area contributed by atoms with Gasteiger partial charge in [0.2, 0.25) is 0 Å². The fourth-order valence-electron chi connectivity index (χ4n) is 4.75. The Kier molecular flexibility index (Phi) is 4.53. The van der Waals surface area contributed by atoms with Crippen LogP contribution in [-0.2, 0) is 5.41 Å². The van der Waals surface area contributed by atoms with E-state index in [1.165, 1.54) is 0 Å².